The first-order valence-corrected chi connectivity index (χ1v) is 10.2. The smallest absolute Gasteiger partial charge is 0.253 e. The molecule has 2 aromatic rings. The van der Waals surface area contributed by atoms with Gasteiger partial charge in [0.25, 0.3) is 5.91 Å². The number of hydrogen-bond donors (Lipinski definition) is 2. The molecule has 0 saturated carbocycles. The first-order chi connectivity index (χ1) is 13.7. The number of nitrogens with zero attached hydrogens (tertiary/aromatic N) is 1. The summed E-state index contributed by atoms with van der Waals surface area (Å²) in [7, 11) is 3.93. The van der Waals surface area contributed by atoms with E-state index in [1.807, 2.05) is 63.2 Å². The monoisotopic (exact) mass is 435 g/mol. The molecular formula is C22H27Cl2N3O2. The molecule has 0 radical (unpaired) electrons. The third kappa shape index (κ3) is 6.46. The predicted octanol–water partition coefficient (Wildman–Crippen LogP) is 4.17. The van der Waals surface area contributed by atoms with E-state index in [-0.39, 0.29) is 28.5 Å². The average molecular weight is 436 g/mol. The van der Waals surface area contributed by atoms with Gasteiger partial charge in [0.1, 0.15) is 6.04 Å². The minimum Gasteiger partial charge on any atom is -0.352 e. The minimum atomic E-state index is -0.687. The number of rotatable bonds is 8. The van der Waals surface area contributed by atoms with Crippen LogP contribution in [0.4, 0.5) is 0 Å². The molecule has 0 bridgehead atoms. The lowest BCUT2D eigenvalue weighted by Crippen LogP contribution is -2.51. The van der Waals surface area contributed by atoms with Crippen molar-refractivity contribution in [1.82, 2.24) is 15.5 Å². The van der Waals surface area contributed by atoms with Gasteiger partial charge < -0.3 is 15.5 Å². The SMILES string of the molecule is CC(C)C(NC(=O)c1ccc(Cl)cc1Cl)C(=O)NCC(c1ccccc1)N(C)C. The molecule has 2 rings (SSSR count). The van der Waals surface area contributed by atoms with Crippen molar-refractivity contribution < 1.29 is 9.59 Å². The standard InChI is InChI=1S/C22H27Cl2N3O2/c1-14(2)20(26-21(28)17-11-10-16(23)12-18(17)24)22(29)25-13-19(27(3)4)15-8-6-5-7-9-15/h5-12,14,19-20H,13H2,1-4H3,(H,25,29)(H,26,28). The second-order valence-electron chi connectivity index (χ2n) is 7.45. The van der Waals surface area contributed by atoms with E-state index in [1.54, 1.807) is 12.1 Å². The summed E-state index contributed by atoms with van der Waals surface area (Å²) in [6.07, 6.45) is 0. The fraction of sp³-hybridized carbons (Fsp3) is 0.364. The molecule has 156 valence electrons. The summed E-state index contributed by atoms with van der Waals surface area (Å²) in [5, 5.41) is 6.46. The Bertz CT molecular complexity index is 841. The number of carbonyl (C=O) groups is 2. The highest BCUT2D eigenvalue weighted by atomic mass is 35.5. The fourth-order valence-electron chi connectivity index (χ4n) is 3.01. The normalized spacial score (nSPS) is 13.2. The van der Waals surface area contributed by atoms with Crippen LogP contribution >= 0.6 is 23.2 Å². The van der Waals surface area contributed by atoms with Gasteiger partial charge in [0, 0.05) is 11.6 Å². The van der Waals surface area contributed by atoms with Crippen molar-refractivity contribution in [3.05, 3.63) is 69.7 Å². The summed E-state index contributed by atoms with van der Waals surface area (Å²) >= 11 is 12.0. The lowest BCUT2D eigenvalue weighted by molar-refractivity contribution is -0.124. The van der Waals surface area contributed by atoms with Gasteiger partial charge in [-0.3, -0.25) is 9.59 Å². The number of hydrogen-bond acceptors (Lipinski definition) is 3. The predicted molar refractivity (Wildman–Crippen MR) is 118 cm³/mol. The zero-order chi connectivity index (χ0) is 21.6. The van der Waals surface area contributed by atoms with Gasteiger partial charge in [-0.15, -0.1) is 0 Å². The largest absolute Gasteiger partial charge is 0.352 e. The molecule has 2 aromatic carbocycles. The van der Waals surface area contributed by atoms with Crippen LogP contribution in [0.1, 0.15) is 35.8 Å². The van der Waals surface area contributed by atoms with Crippen LogP contribution in [0.25, 0.3) is 0 Å². The molecule has 2 unspecified atom stereocenters. The van der Waals surface area contributed by atoms with Crippen LogP contribution in [0, 0.1) is 5.92 Å². The Labute approximate surface area is 182 Å². The van der Waals surface area contributed by atoms with Gasteiger partial charge in [0.15, 0.2) is 0 Å². The highest BCUT2D eigenvalue weighted by Gasteiger charge is 2.26. The molecule has 0 aromatic heterocycles. The van der Waals surface area contributed by atoms with Gasteiger partial charge in [0.05, 0.1) is 16.6 Å². The number of carbonyl (C=O) groups excluding carboxylic acids is 2. The van der Waals surface area contributed by atoms with Crippen molar-refractivity contribution in [3.63, 3.8) is 0 Å². The quantitative estimate of drug-likeness (QED) is 0.653. The molecule has 29 heavy (non-hydrogen) atoms. The molecule has 7 heteroatoms. The fourth-order valence-corrected chi connectivity index (χ4v) is 3.50. The van der Waals surface area contributed by atoms with Crippen molar-refractivity contribution in [3.8, 4) is 0 Å². The third-order valence-electron chi connectivity index (χ3n) is 4.69. The highest BCUT2D eigenvalue weighted by Crippen LogP contribution is 2.21. The van der Waals surface area contributed by atoms with Crippen LogP contribution < -0.4 is 10.6 Å². The van der Waals surface area contributed by atoms with Crippen molar-refractivity contribution in [2.75, 3.05) is 20.6 Å². The van der Waals surface area contributed by atoms with E-state index in [0.717, 1.165) is 5.56 Å². The lowest BCUT2D eigenvalue weighted by Gasteiger charge is -2.27. The summed E-state index contributed by atoms with van der Waals surface area (Å²) in [5.41, 5.74) is 1.39. The zero-order valence-electron chi connectivity index (χ0n) is 17.1. The second kappa shape index (κ2) is 10.6. The van der Waals surface area contributed by atoms with E-state index in [9.17, 15) is 9.59 Å². The number of benzene rings is 2. The number of amides is 2. The summed E-state index contributed by atoms with van der Waals surface area (Å²) in [6.45, 7) is 4.19. The Morgan fingerprint density at radius 1 is 1.03 bits per heavy atom. The molecule has 2 N–H and O–H groups in total. The van der Waals surface area contributed by atoms with Crippen LogP contribution in [0.2, 0.25) is 10.0 Å². The molecule has 0 fully saturated rings. The third-order valence-corrected chi connectivity index (χ3v) is 5.24. The summed E-state index contributed by atoms with van der Waals surface area (Å²) in [4.78, 5) is 27.5. The van der Waals surface area contributed by atoms with E-state index in [4.69, 9.17) is 23.2 Å². The molecular weight excluding hydrogens is 409 g/mol. The van der Waals surface area contributed by atoms with Crippen LogP contribution in [-0.4, -0.2) is 43.4 Å². The van der Waals surface area contributed by atoms with Crippen molar-refractivity contribution >= 4 is 35.0 Å². The Balaban J connectivity index is 2.07. The molecule has 2 amide bonds. The van der Waals surface area contributed by atoms with E-state index in [0.29, 0.717) is 11.6 Å². The second-order valence-corrected chi connectivity index (χ2v) is 8.30. The van der Waals surface area contributed by atoms with Crippen LogP contribution in [-0.2, 0) is 4.79 Å². The molecule has 5 nitrogen and oxygen atoms in total. The maximum Gasteiger partial charge on any atom is 0.253 e. The zero-order valence-corrected chi connectivity index (χ0v) is 18.6. The first kappa shape index (κ1) is 23.2. The summed E-state index contributed by atoms with van der Waals surface area (Å²) < 4.78 is 0. The molecule has 0 saturated heterocycles. The van der Waals surface area contributed by atoms with Gasteiger partial charge >= 0.3 is 0 Å². The molecule has 0 aliphatic carbocycles. The molecule has 0 aliphatic heterocycles. The maximum absolute atomic E-state index is 12.9. The van der Waals surface area contributed by atoms with Crippen LogP contribution in [0.3, 0.4) is 0 Å². The van der Waals surface area contributed by atoms with Gasteiger partial charge in [-0.1, -0.05) is 67.4 Å². The van der Waals surface area contributed by atoms with E-state index in [1.165, 1.54) is 6.07 Å². The molecule has 2 atom stereocenters. The Morgan fingerprint density at radius 3 is 2.24 bits per heavy atom. The van der Waals surface area contributed by atoms with Crippen molar-refractivity contribution in [2.24, 2.45) is 5.92 Å². The minimum absolute atomic E-state index is 0.0226. The van der Waals surface area contributed by atoms with E-state index >= 15 is 0 Å². The summed E-state index contributed by atoms with van der Waals surface area (Å²) in [5.74, 6) is -0.742. The van der Waals surface area contributed by atoms with Crippen LogP contribution in [0.15, 0.2) is 48.5 Å². The van der Waals surface area contributed by atoms with E-state index < -0.39 is 11.9 Å². The number of likely N-dealkylation sites (N-methyl/N-ethyl adjacent to an activating group) is 1. The van der Waals surface area contributed by atoms with E-state index in [2.05, 4.69) is 10.6 Å². The molecule has 0 spiro atoms. The topological polar surface area (TPSA) is 61.4 Å². The maximum atomic E-state index is 12.9. The molecule has 0 aliphatic rings. The Morgan fingerprint density at radius 2 is 1.69 bits per heavy atom. The average Bonchev–Trinajstić information content (AvgIpc) is 2.66. The lowest BCUT2D eigenvalue weighted by atomic mass is 10.0. The van der Waals surface area contributed by atoms with Crippen molar-refractivity contribution in [1.29, 1.82) is 0 Å². The van der Waals surface area contributed by atoms with Crippen molar-refractivity contribution in [2.45, 2.75) is 25.9 Å². The number of halogens is 2. The van der Waals surface area contributed by atoms with Crippen LogP contribution in [0.5, 0.6) is 0 Å². The van der Waals surface area contributed by atoms with Gasteiger partial charge in [0.2, 0.25) is 5.91 Å². The summed E-state index contributed by atoms with van der Waals surface area (Å²) in [6, 6.07) is 13.9. The highest BCUT2D eigenvalue weighted by molar-refractivity contribution is 6.36. The van der Waals surface area contributed by atoms with Gasteiger partial charge in [-0.2, -0.15) is 0 Å². The first-order valence-electron chi connectivity index (χ1n) is 9.45. The Kier molecular flexibility index (Phi) is 8.50. The Hall–Kier alpha value is -2.08. The molecule has 0 heterocycles. The number of nitrogens with one attached hydrogen (secondary N) is 2. The van der Waals surface area contributed by atoms with Gasteiger partial charge in [-0.05, 0) is 43.8 Å². The van der Waals surface area contributed by atoms with Gasteiger partial charge in [-0.25, -0.2) is 0 Å².